The molecule has 0 aliphatic heterocycles. The minimum atomic E-state index is -5.17. The second kappa shape index (κ2) is 4.74. The van der Waals surface area contributed by atoms with Gasteiger partial charge in [0.1, 0.15) is 0 Å². The van der Waals surface area contributed by atoms with E-state index in [-0.39, 0.29) is 0 Å². The molecule has 0 unspecified atom stereocenters. The Labute approximate surface area is 96.6 Å². The highest BCUT2D eigenvalue weighted by Crippen LogP contribution is 2.32. The number of aromatic amines is 1. The van der Waals surface area contributed by atoms with Crippen LogP contribution in [0.5, 0.6) is 5.75 Å². The van der Waals surface area contributed by atoms with Crippen LogP contribution in [0.4, 0.5) is 19.0 Å². The molecule has 10 heteroatoms. The van der Waals surface area contributed by atoms with Crippen LogP contribution in [0.15, 0.2) is 10.9 Å². The van der Waals surface area contributed by atoms with E-state index in [1.165, 1.54) is 6.07 Å². The largest absolute Gasteiger partial charge is 0.573 e. The van der Waals surface area contributed by atoms with Gasteiger partial charge in [-0.2, -0.15) is 5.26 Å². The number of aromatic nitrogens is 1. The van der Waals surface area contributed by atoms with Crippen LogP contribution < -0.4 is 10.3 Å². The lowest BCUT2D eigenvalue weighted by Crippen LogP contribution is -2.21. The highest BCUT2D eigenvalue weighted by atomic mass is 19.4. The third-order valence-electron chi connectivity index (χ3n) is 1.72. The van der Waals surface area contributed by atoms with Gasteiger partial charge in [0.05, 0.1) is 12.5 Å². The fourth-order valence-corrected chi connectivity index (χ4v) is 1.16. The number of nitriles is 1. The van der Waals surface area contributed by atoms with Crippen molar-refractivity contribution in [1.29, 1.82) is 5.26 Å². The van der Waals surface area contributed by atoms with E-state index in [0.717, 1.165) is 0 Å². The summed E-state index contributed by atoms with van der Waals surface area (Å²) in [5.74, 6) is -2.43. The van der Waals surface area contributed by atoms with E-state index in [1.54, 1.807) is 4.98 Å². The lowest BCUT2D eigenvalue weighted by Gasteiger charge is -2.11. The first-order valence-corrected chi connectivity index (χ1v) is 4.28. The smallest absolute Gasteiger partial charge is 0.396 e. The first-order chi connectivity index (χ1) is 8.24. The molecule has 1 heterocycles. The average Bonchev–Trinajstić information content (AvgIpc) is 2.19. The van der Waals surface area contributed by atoms with Crippen molar-refractivity contribution in [3.8, 4) is 11.8 Å². The zero-order valence-electron chi connectivity index (χ0n) is 8.45. The molecule has 0 fully saturated rings. The normalized spacial score (nSPS) is 10.8. The van der Waals surface area contributed by atoms with Gasteiger partial charge in [0.25, 0.3) is 0 Å². The van der Waals surface area contributed by atoms with E-state index in [9.17, 15) is 28.1 Å². The van der Waals surface area contributed by atoms with Crippen LogP contribution in [-0.4, -0.2) is 16.3 Å². The van der Waals surface area contributed by atoms with Crippen LogP contribution in [0.1, 0.15) is 5.56 Å². The van der Waals surface area contributed by atoms with Crippen LogP contribution in [0.25, 0.3) is 0 Å². The molecule has 0 amide bonds. The molecule has 1 aromatic heterocycles. The number of nitrogens with one attached hydrogen (secondary N) is 1. The second-order valence-electron chi connectivity index (χ2n) is 2.98. The quantitative estimate of drug-likeness (QED) is 0.651. The van der Waals surface area contributed by atoms with Crippen LogP contribution >= 0.6 is 0 Å². The number of hydrogen-bond donors (Lipinski definition) is 1. The number of H-pyrrole nitrogens is 1. The minimum Gasteiger partial charge on any atom is -0.396 e. The Bertz CT molecular complexity index is 572. The average molecular weight is 263 g/mol. The van der Waals surface area contributed by atoms with Crippen molar-refractivity contribution in [2.75, 3.05) is 0 Å². The topological polar surface area (TPSA) is 109 Å². The lowest BCUT2D eigenvalue weighted by molar-refractivity contribution is -0.393. The third-order valence-corrected chi connectivity index (χ3v) is 1.72. The summed E-state index contributed by atoms with van der Waals surface area (Å²) in [5.41, 5.74) is -1.51. The highest BCUT2D eigenvalue weighted by Gasteiger charge is 2.36. The SMILES string of the molecule is N#CCc1cc(=O)[nH]c([N+](=O)[O-])c1OC(F)(F)F. The van der Waals surface area contributed by atoms with E-state index in [1.807, 2.05) is 0 Å². The molecule has 0 aliphatic rings. The van der Waals surface area contributed by atoms with Crippen LogP contribution in [0.3, 0.4) is 0 Å². The van der Waals surface area contributed by atoms with Crippen molar-refractivity contribution in [3.05, 3.63) is 32.1 Å². The summed E-state index contributed by atoms with van der Waals surface area (Å²) in [6.45, 7) is 0. The first kappa shape index (κ1) is 13.5. The standard InChI is InChI=1S/C8H4F3N3O4/c9-8(10,11)18-6-4(1-2-12)3-5(15)13-7(6)14(16)17/h3H,1H2,(H,13,15). The Morgan fingerprint density at radius 2 is 2.17 bits per heavy atom. The molecule has 18 heavy (non-hydrogen) atoms. The molecule has 96 valence electrons. The zero-order valence-corrected chi connectivity index (χ0v) is 8.45. The lowest BCUT2D eigenvalue weighted by atomic mass is 10.2. The van der Waals surface area contributed by atoms with E-state index in [4.69, 9.17) is 5.26 Å². The summed E-state index contributed by atoms with van der Waals surface area (Å²) >= 11 is 0. The minimum absolute atomic E-state index is 0.509. The van der Waals surface area contributed by atoms with Gasteiger partial charge in [-0.1, -0.05) is 0 Å². The number of alkyl halides is 3. The first-order valence-electron chi connectivity index (χ1n) is 4.28. The Kier molecular flexibility index (Phi) is 3.55. The molecule has 0 saturated carbocycles. The molecule has 1 rings (SSSR count). The van der Waals surface area contributed by atoms with E-state index in [2.05, 4.69) is 4.74 Å². The van der Waals surface area contributed by atoms with Crippen LogP contribution in [-0.2, 0) is 6.42 Å². The number of pyridine rings is 1. The molecule has 0 aromatic carbocycles. The number of halogens is 3. The maximum Gasteiger partial charge on any atom is 0.573 e. The Morgan fingerprint density at radius 3 is 2.61 bits per heavy atom. The predicted molar refractivity (Wildman–Crippen MR) is 49.7 cm³/mol. The van der Waals surface area contributed by atoms with Crippen molar-refractivity contribution in [2.45, 2.75) is 12.8 Å². The van der Waals surface area contributed by atoms with Gasteiger partial charge in [-0.25, -0.2) is 9.78 Å². The van der Waals surface area contributed by atoms with Gasteiger partial charge in [-0.3, -0.25) is 0 Å². The molecule has 1 aromatic rings. The van der Waals surface area contributed by atoms with Crippen LogP contribution in [0.2, 0.25) is 0 Å². The molecule has 0 aliphatic carbocycles. The van der Waals surface area contributed by atoms with Crippen LogP contribution in [0, 0.1) is 21.4 Å². The van der Waals surface area contributed by atoms with Crippen molar-refractivity contribution >= 4 is 5.82 Å². The van der Waals surface area contributed by atoms with E-state index < -0.39 is 40.4 Å². The zero-order chi connectivity index (χ0) is 13.9. The second-order valence-corrected chi connectivity index (χ2v) is 2.98. The number of nitrogens with zero attached hydrogens (tertiary/aromatic N) is 2. The van der Waals surface area contributed by atoms with Crippen molar-refractivity contribution in [1.82, 2.24) is 4.98 Å². The molecule has 7 nitrogen and oxygen atoms in total. The monoisotopic (exact) mass is 263 g/mol. The van der Waals surface area contributed by atoms with Gasteiger partial charge in [0.15, 0.2) is 0 Å². The molecule has 0 radical (unpaired) electrons. The van der Waals surface area contributed by atoms with Gasteiger partial charge in [0, 0.05) is 11.6 Å². The Hall–Kier alpha value is -2.57. The Morgan fingerprint density at radius 1 is 1.56 bits per heavy atom. The third kappa shape index (κ3) is 3.21. The summed E-state index contributed by atoms with van der Waals surface area (Å²) in [6, 6.07) is 2.12. The summed E-state index contributed by atoms with van der Waals surface area (Å²) in [4.78, 5) is 21.9. The van der Waals surface area contributed by atoms with Gasteiger partial charge in [0.2, 0.25) is 5.75 Å². The molecular weight excluding hydrogens is 259 g/mol. The molecule has 1 N–H and O–H groups in total. The molecule has 0 atom stereocenters. The van der Waals surface area contributed by atoms with Crippen molar-refractivity contribution in [3.63, 3.8) is 0 Å². The number of nitro groups is 1. The van der Waals surface area contributed by atoms with Gasteiger partial charge in [-0.15, -0.1) is 13.2 Å². The number of hydrogen-bond acceptors (Lipinski definition) is 5. The van der Waals surface area contributed by atoms with Gasteiger partial charge in [-0.05, 0) is 4.92 Å². The summed E-state index contributed by atoms with van der Waals surface area (Å²) in [7, 11) is 0. The van der Waals surface area contributed by atoms with Crippen molar-refractivity contribution < 1.29 is 22.8 Å². The van der Waals surface area contributed by atoms with Crippen molar-refractivity contribution in [2.24, 2.45) is 0 Å². The fraction of sp³-hybridized carbons (Fsp3) is 0.250. The summed E-state index contributed by atoms with van der Waals surface area (Å²) in [6.07, 6.45) is -5.80. The molecule has 0 spiro atoms. The summed E-state index contributed by atoms with van der Waals surface area (Å²) in [5, 5.41) is 18.9. The predicted octanol–water partition coefficient (Wildman–Crippen LogP) is 1.25. The highest BCUT2D eigenvalue weighted by molar-refractivity contribution is 5.47. The van der Waals surface area contributed by atoms with Gasteiger partial charge < -0.3 is 14.9 Å². The number of ether oxygens (including phenoxy) is 1. The maximum atomic E-state index is 12.1. The van der Waals surface area contributed by atoms with Gasteiger partial charge >= 0.3 is 17.7 Å². The maximum absolute atomic E-state index is 12.1. The molecule has 0 bridgehead atoms. The summed E-state index contributed by atoms with van der Waals surface area (Å²) < 4.78 is 39.7. The van der Waals surface area contributed by atoms with E-state index >= 15 is 0 Å². The molecular formula is C8H4F3N3O4. The number of rotatable bonds is 3. The Balaban J connectivity index is 3.46. The molecule has 0 saturated heterocycles. The fourth-order valence-electron chi connectivity index (χ4n) is 1.16. The van der Waals surface area contributed by atoms with E-state index in [0.29, 0.717) is 6.07 Å².